The molecule has 1 amide bonds. The van der Waals surface area contributed by atoms with Crippen LogP contribution >= 0.6 is 0 Å². The van der Waals surface area contributed by atoms with E-state index in [0.717, 1.165) is 66.1 Å². The molecule has 2 aliphatic heterocycles. The van der Waals surface area contributed by atoms with Crippen molar-refractivity contribution in [2.24, 2.45) is 4.99 Å². The van der Waals surface area contributed by atoms with Crippen LogP contribution in [0.1, 0.15) is 25.0 Å². The molecule has 0 atom stereocenters. The van der Waals surface area contributed by atoms with Gasteiger partial charge in [-0.05, 0) is 61.9 Å². The molecule has 3 aromatic rings. The third-order valence-corrected chi connectivity index (χ3v) is 6.66. The zero-order valence-corrected chi connectivity index (χ0v) is 21.0. The number of nitrogens with one attached hydrogen (secondary N) is 1. The molecule has 2 heterocycles. The van der Waals surface area contributed by atoms with E-state index in [1.165, 1.54) is 0 Å². The van der Waals surface area contributed by atoms with Crippen molar-refractivity contribution >= 4 is 23.1 Å². The number of carbonyl (C=O) groups excluding carboxylic acids is 1. The number of amides is 1. The van der Waals surface area contributed by atoms with Crippen molar-refractivity contribution in [2.45, 2.75) is 26.3 Å². The van der Waals surface area contributed by atoms with Gasteiger partial charge in [-0.1, -0.05) is 24.3 Å². The van der Waals surface area contributed by atoms with E-state index in [1.807, 2.05) is 66.7 Å². The summed E-state index contributed by atoms with van der Waals surface area (Å²) in [4.78, 5) is 22.7. The van der Waals surface area contributed by atoms with Gasteiger partial charge >= 0.3 is 0 Å². The van der Waals surface area contributed by atoms with Crippen molar-refractivity contribution < 1.29 is 14.3 Å². The van der Waals surface area contributed by atoms with Gasteiger partial charge in [-0.3, -0.25) is 9.69 Å². The first-order valence-corrected chi connectivity index (χ1v) is 12.4. The number of anilines is 1. The predicted octanol–water partition coefficient (Wildman–Crippen LogP) is 5.09. The van der Waals surface area contributed by atoms with Crippen LogP contribution < -0.4 is 14.8 Å². The SMILES string of the molecule is COc1cccc(CC(=O)Nc2ccc3c(c2)C(N2CCN(C(C)C)CC2)=Nc2ccccc2O3)c1. The van der Waals surface area contributed by atoms with Gasteiger partial charge in [0.2, 0.25) is 5.91 Å². The second-order valence-electron chi connectivity index (χ2n) is 9.41. The third kappa shape index (κ3) is 5.21. The van der Waals surface area contributed by atoms with Gasteiger partial charge in [-0.2, -0.15) is 0 Å². The molecule has 7 heteroatoms. The predicted molar refractivity (Wildman–Crippen MR) is 143 cm³/mol. The molecule has 0 radical (unpaired) electrons. The van der Waals surface area contributed by atoms with Crippen LogP contribution in [-0.4, -0.2) is 60.9 Å². The topological polar surface area (TPSA) is 66.4 Å². The molecule has 1 N–H and O–H groups in total. The summed E-state index contributed by atoms with van der Waals surface area (Å²) in [6.45, 7) is 8.18. The number of aliphatic imine (C=N–C) groups is 1. The molecule has 1 saturated heterocycles. The molecule has 7 nitrogen and oxygen atoms in total. The van der Waals surface area contributed by atoms with Crippen LogP contribution in [0.4, 0.5) is 11.4 Å². The van der Waals surface area contributed by atoms with Crippen LogP contribution in [0.25, 0.3) is 0 Å². The minimum absolute atomic E-state index is 0.0925. The lowest BCUT2D eigenvalue weighted by atomic mass is 10.1. The van der Waals surface area contributed by atoms with Crippen LogP contribution in [-0.2, 0) is 11.2 Å². The van der Waals surface area contributed by atoms with Crippen molar-refractivity contribution in [1.82, 2.24) is 9.80 Å². The monoisotopic (exact) mass is 484 g/mol. The Morgan fingerprint density at radius 1 is 1.00 bits per heavy atom. The molecular weight excluding hydrogens is 452 g/mol. The Bertz CT molecular complexity index is 1280. The van der Waals surface area contributed by atoms with Crippen LogP contribution in [0, 0.1) is 0 Å². The highest BCUT2D eigenvalue weighted by atomic mass is 16.5. The minimum Gasteiger partial charge on any atom is -0.497 e. The summed E-state index contributed by atoms with van der Waals surface area (Å²) in [7, 11) is 1.62. The van der Waals surface area contributed by atoms with Gasteiger partial charge in [-0.15, -0.1) is 0 Å². The molecule has 1 fully saturated rings. The number of fused-ring (bicyclic) bond motifs is 2. The van der Waals surface area contributed by atoms with Gasteiger partial charge < -0.3 is 19.7 Å². The number of rotatable bonds is 5. The number of hydrogen-bond acceptors (Lipinski definition) is 6. The average Bonchev–Trinajstić information content (AvgIpc) is 3.05. The first-order valence-electron chi connectivity index (χ1n) is 12.4. The number of ether oxygens (including phenoxy) is 2. The van der Waals surface area contributed by atoms with Crippen LogP contribution in [0.15, 0.2) is 71.7 Å². The molecule has 5 rings (SSSR count). The first kappa shape index (κ1) is 23.9. The Hall–Kier alpha value is -3.84. The summed E-state index contributed by atoms with van der Waals surface area (Å²) in [6.07, 6.45) is 0.258. The summed E-state index contributed by atoms with van der Waals surface area (Å²) in [5, 5.41) is 3.05. The van der Waals surface area contributed by atoms with Crippen molar-refractivity contribution in [3.05, 3.63) is 77.9 Å². The maximum atomic E-state index is 12.8. The number of piperazine rings is 1. The summed E-state index contributed by atoms with van der Waals surface area (Å²) < 4.78 is 11.6. The van der Waals surface area contributed by atoms with Crippen LogP contribution in [0.5, 0.6) is 17.2 Å². The molecule has 2 aliphatic rings. The minimum atomic E-state index is -0.0925. The van der Waals surface area contributed by atoms with E-state index < -0.39 is 0 Å². The maximum Gasteiger partial charge on any atom is 0.228 e. The zero-order chi connectivity index (χ0) is 25.1. The highest BCUT2D eigenvalue weighted by Gasteiger charge is 2.27. The fraction of sp³-hybridized carbons (Fsp3) is 0.310. The van der Waals surface area contributed by atoms with Gasteiger partial charge in [0.1, 0.15) is 23.0 Å². The standard InChI is InChI=1S/C29H32N4O3/c1-20(2)32-13-15-33(16-14-32)29-24-19-22(30-28(34)18-21-7-6-8-23(17-21)35-3)11-12-26(24)36-27-10-5-4-9-25(27)31-29/h4-12,17,19-20H,13-16,18H2,1-3H3,(H,30,34). The van der Waals surface area contributed by atoms with Crippen LogP contribution in [0.3, 0.4) is 0 Å². The summed E-state index contributed by atoms with van der Waals surface area (Å²) in [6, 6.07) is 21.7. The van der Waals surface area contributed by atoms with E-state index in [4.69, 9.17) is 14.5 Å². The average molecular weight is 485 g/mol. The van der Waals surface area contributed by atoms with Crippen LogP contribution in [0.2, 0.25) is 0 Å². The molecule has 0 bridgehead atoms. The van der Waals surface area contributed by atoms with Gasteiger partial charge in [0, 0.05) is 37.9 Å². The van der Waals surface area contributed by atoms with E-state index in [1.54, 1.807) is 7.11 Å². The van der Waals surface area contributed by atoms with E-state index in [0.29, 0.717) is 11.7 Å². The lowest BCUT2D eigenvalue weighted by molar-refractivity contribution is -0.115. The lowest BCUT2D eigenvalue weighted by Gasteiger charge is -2.38. The van der Waals surface area contributed by atoms with Gasteiger partial charge in [0.25, 0.3) is 0 Å². The van der Waals surface area contributed by atoms with Crippen molar-refractivity contribution in [3.8, 4) is 17.2 Å². The van der Waals surface area contributed by atoms with Crippen molar-refractivity contribution in [2.75, 3.05) is 38.6 Å². The molecule has 0 spiro atoms. The highest BCUT2D eigenvalue weighted by Crippen LogP contribution is 2.39. The second kappa shape index (κ2) is 10.4. The number of carbonyl (C=O) groups is 1. The highest BCUT2D eigenvalue weighted by molar-refractivity contribution is 6.05. The normalized spacial score (nSPS) is 15.3. The number of nitrogens with zero attached hydrogens (tertiary/aromatic N) is 3. The second-order valence-corrected chi connectivity index (χ2v) is 9.41. The summed E-state index contributed by atoms with van der Waals surface area (Å²) in [5.74, 6) is 2.98. The molecule has 36 heavy (non-hydrogen) atoms. The Balaban J connectivity index is 1.42. The Morgan fingerprint density at radius 2 is 1.81 bits per heavy atom. The molecule has 0 aliphatic carbocycles. The number of benzene rings is 3. The fourth-order valence-electron chi connectivity index (χ4n) is 4.66. The van der Waals surface area contributed by atoms with E-state index in [-0.39, 0.29) is 12.3 Å². The molecule has 0 aromatic heterocycles. The lowest BCUT2D eigenvalue weighted by Crippen LogP contribution is -2.50. The fourth-order valence-corrected chi connectivity index (χ4v) is 4.66. The smallest absolute Gasteiger partial charge is 0.228 e. The number of methoxy groups -OCH3 is 1. The number of hydrogen-bond donors (Lipinski definition) is 1. The largest absolute Gasteiger partial charge is 0.497 e. The number of para-hydroxylation sites is 2. The summed E-state index contributed by atoms with van der Waals surface area (Å²) >= 11 is 0. The Kier molecular flexibility index (Phi) is 6.91. The quantitative estimate of drug-likeness (QED) is 0.547. The molecule has 0 saturated carbocycles. The number of amidine groups is 1. The Labute approximate surface area is 212 Å². The van der Waals surface area contributed by atoms with E-state index >= 15 is 0 Å². The molecule has 0 unspecified atom stereocenters. The Morgan fingerprint density at radius 3 is 2.58 bits per heavy atom. The zero-order valence-electron chi connectivity index (χ0n) is 21.0. The van der Waals surface area contributed by atoms with E-state index in [9.17, 15) is 4.79 Å². The molecule has 186 valence electrons. The summed E-state index contributed by atoms with van der Waals surface area (Å²) in [5.41, 5.74) is 3.29. The first-order chi connectivity index (χ1) is 17.5. The van der Waals surface area contributed by atoms with Gasteiger partial charge in [0.15, 0.2) is 5.75 Å². The van der Waals surface area contributed by atoms with Crippen molar-refractivity contribution in [3.63, 3.8) is 0 Å². The third-order valence-electron chi connectivity index (χ3n) is 6.66. The van der Waals surface area contributed by atoms with Gasteiger partial charge in [-0.25, -0.2) is 4.99 Å². The van der Waals surface area contributed by atoms with Gasteiger partial charge in [0.05, 0.1) is 19.1 Å². The maximum absolute atomic E-state index is 12.8. The molecular formula is C29H32N4O3. The molecule has 3 aromatic carbocycles. The van der Waals surface area contributed by atoms with E-state index in [2.05, 4.69) is 29.0 Å². The van der Waals surface area contributed by atoms with Crippen molar-refractivity contribution in [1.29, 1.82) is 0 Å².